The van der Waals surface area contributed by atoms with Crippen molar-refractivity contribution >= 4 is 39.4 Å². The first kappa shape index (κ1) is 12.1. The maximum absolute atomic E-state index is 5.79. The first-order chi connectivity index (χ1) is 8.24. The van der Waals surface area contributed by atoms with Gasteiger partial charge in [0.05, 0.1) is 11.9 Å². The number of nitrogens with zero attached hydrogens (tertiary/aromatic N) is 1. The molecule has 0 fully saturated rings. The van der Waals surface area contributed by atoms with E-state index in [1.807, 2.05) is 48.5 Å². The van der Waals surface area contributed by atoms with Gasteiger partial charge in [0.25, 0.3) is 0 Å². The number of benzene rings is 2. The molecule has 0 heterocycles. The van der Waals surface area contributed by atoms with Crippen LogP contribution in [0.5, 0.6) is 0 Å². The average Bonchev–Trinajstić information content (AvgIpc) is 2.34. The van der Waals surface area contributed by atoms with E-state index in [2.05, 4.69) is 26.5 Å². The van der Waals surface area contributed by atoms with E-state index in [-0.39, 0.29) is 0 Å². The summed E-state index contributed by atoms with van der Waals surface area (Å²) in [6, 6.07) is 15.3. The van der Waals surface area contributed by atoms with Crippen molar-refractivity contribution in [2.24, 2.45) is 5.10 Å². The van der Waals surface area contributed by atoms with Crippen LogP contribution in [0.3, 0.4) is 0 Å². The summed E-state index contributed by atoms with van der Waals surface area (Å²) in [4.78, 5) is 0. The Labute approximate surface area is 113 Å². The molecule has 0 amide bonds. The summed E-state index contributed by atoms with van der Waals surface area (Å²) < 4.78 is 1.06. The lowest BCUT2D eigenvalue weighted by molar-refractivity contribution is 1.35. The number of rotatable bonds is 3. The van der Waals surface area contributed by atoms with Gasteiger partial charge in [-0.1, -0.05) is 39.7 Å². The fourth-order valence-electron chi connectivity index (χ4n) is 1.25. The lowest BCUT2D eigenvalue weighted by Crippen LogP contribution is -1.89. The molecule has 0 atom stereocenters. The second-order valence-electron chi connectivity index (χ2n) is 3.43. The molecule has 0 saturated heterocycles. The summed E-state index contributed by atoms with van der Waals surface area (Å²) in [5.41, 5.74) is 4.88. The molecule has 0 spiro atoms. The van der Waals surface area contributed by atoms with Crippen LogP contribution in [0.2, 0.25) is 5.02 Å². The van der Waals surface area contributed by atoms with Gasteiger partial charge in [-0.15, -0.1) is 0 Å². The molecule has 0 unspecified atom stereocenters. The third-order valence-corrected chi connectivity index (χ3v) is 2.90. The van der Waals surface area contributed by atoms with E-state index in [1.165, 1.54) is 0 Å². The smallest absolute Gasteiger partial charge is 0.0562 e. The van der Waals surface area contributed by atoms with Crippen molar-refractivity contribution in [3.8, 4) is 0 Å². The Hall–Kier alpha value is -1.32. The molecule has 0 aromatic heterocycles. The van der Waals surface area contributed by atoms with Crippen molar-refractivity contribution in [1.82, 2.24) is 0 Å². The van der Waals surface area contributed by atoms with Gasteiger partial charge in [0, 0.05) is 9.50 Å². The molecule has 0 radical (unpaired) electrons. The predicted octanol–water partition coefficient (Wildman–Crippen LogP) is 4.55. The normalized spacial score (nSPS) is 10.7. The Kier molecular flexibility index (Phi) is 4.18. The average molecular weight is 310 g/mol. The van der Waals surface area contributed by atoms with Crippen molar-refractivity contribution in [3.63, 3.8) is 0 Å². The van der Waals surface area contributed by atoms with Crippen molar-refractivity contribution in [2.75, 3.05) is 5.43 Å². The molecule has 17 heavy (non-hydrogen) atoms. The van der Waals surface area contributed by atoms with Crippen LogP contribution >= 0.6 is 27.5 Å². The molecular weight excluding hydrogens is 300 g/mol. The van der Waals surface area contributed by atoms with Gasteiger partial charge in [-0.25, -0.2) is 0 Å². The highest BCUT2D eigenvalue weighted by Gasteiger charge is 1.90. The van der Waals surface area contributed by atoms with Gasteiger partial charge in [-0.3, -0.25) is 5.43 Å². The molecule has 86 valence electrons. The fraction of sp³-hybridized carbons (Fsp3) is 0. The molecular formula is C13H10BrClN2. The van der Waals surface area contributed by atoms with E-state index >= 15 is 0 Å². The third-order valence-electron chi connectivity index (χ3n) is 2.12. The second-order valence-corrected chi connectivity index (χ2v) is 4.78. The molecule has 0 bridgehead atoms. The number of nitrogens with one attached hydrogen (secondary N) is 1. The monoisotopic (exact) mass is 308 g/mol. The predicted molar refractivity (Wildman–Crippen MR) is 76.8 cm³/mol. The van der Waals surface area contributed by atoms with E-state index < -0.39 is 0 Å². The lowest BCUT2D eigenvalue weighted by Gasteiger charge is -1.99. The van der Waals surface area contributed by atoms with Gasteiger partial charge in [-0.05, 0) is 42.0 Å². The lowest BCUT2D eigenvalue weighted by atomic mass is 10.2. The minimum absolute atomic E-state index is 0.715. The molecule has 0 aliphatic carbocycles. The highest BCUT2D eigenvalue weighted by atomic mass is 79.9. The largest absolute Gasteiger partial charge is 0.279 e. The van der Waals surface area contributed by atoms with E-state index in [9.17, 15) is 0 Å². The minimum atomic E-state index is 0.715. The van der Waals surface area contributed by atoms with Gasteiger partial charge in [0.15, 0.2) is 0 Å². The van der Waals surface area contributed by atoms with Crippen LogP contribution in [0.25, 0.3) is 0 Å². The highest BCUT2D eigenvalue weighted by Crippen LogP contribution is 2.13. The van der Waals surface area contributed by atoms with E-state index in [0.717, 1.165) is 15.7 Å². The molecule has 0 aliphatic rings. The Morgan fingerprint density at radius 3 is 2.29 bits per heavy atom. The maximum Gasteiger partial charge on any atom is 0.0562 e. The van der Waals surface area contributed by atoms with Crippen molar-refractivity contribution in [1.29, 1.82) is 0 Å². The van der Waals surface area contributed by atoms with Crippen LogP contribution < -0.4 is 5.43 Å². The Bertz CT molecular complexity index is 506. The number of halogens is 2. The van der Waals surface area contributed by atoms with Crippen LogP contribution in [-0.4, -0.2) is 6.21 Å². The van der Waals surface area contributed by atoms with Crippen LogP contribution in [0, 0.1) is 0 Å². The zero-order valence-corrected chi connectivity index (χ0v) is 11.2. The van der Waals surface area contributed by atoms with Gasteiger partial charge in [-0.2, -0.15) is 5.10 Å². The second kappa shape index (κ2) is 5.84. The molecule has 2 rings (SSSR count). The van der Waals surface area contributed by atoms with E-state index in [4.69, 9.17) is 11.6 Å². The topological polar surface area (TPSA) is 24.4 Å². The molecule has 2 nitrogen and oxygen atoms in total. The molecule has 2 aromatic rings. The van der Waals surface area contributed by atoms with Gasteiger partial charge in [0.2, 0.25) is 0 Å². The van der Waals surface area contributed by atoms with Crippen LogP contribution in [0.4, 0.5) is 5.69 Å². The van der Waals surface area contributed by atoms with E-state index in [1.54, 1.807) is 6.21 Å². The minimum Gasteiger partial charge on any atom is -0.279 e. The number of hydrogen-bond acceptors (Lipinski definition) is 2. The maximum atomic E-state index is 5.79. The number of anilines is 1. The van der Waals surface area contributed by atoms with Gasteiger partial charge < -0.3 is 0 Å². The Morgan fingerprint density at radius 1 is 1.00 bits per heavy atom. The molecule has 4 heteroatoms. The number of hydrazone groups is 1. The first-order valence-electron chi connectivity index (χ1n) is 5.04. The van der Waals surface area contributed by atoms with Gasteiger partial charge in [0.1, 0.15) is 0 Å². The quantitative estimate of drug-likeness (QED) is 0.653. The summed E-state index contributed by atoms with van der Waals surface area (Å²) in [7, 11) is 0. The summed E-state index contributed by atoms with van der Waals surface area (Å²) in [6.07, 6.45) is 1.76. The van der Waals surface area contributed by atoms with Crippen molar-refractivity contribution in [2.45, 2.75) is 0 Å². The van der Waals surface area contributed by atoms with Crippen molar-refractivity contribution in [3.05, 3.63) is 63.6 Å². The molecule has 1 N–H and O–H groups in total. The third kappa shape index (κ3) is 3.88. The molecule has 0 aliphatic heterocycles. The van der Waals surface area contributed by atoms with Crippen molar-refractivity contribution < 1.29 is 0 Å². The van der Waals surface area contributed by atoms with Crippen LogP contribution in [0.15, 0.2) is 58.1 Å². The van der Waals surface area contributed by atoms with E-state index in [0.29, 0.717) is 5.02 Å². The summed E-state index contributed by atoms with van der Waals surface area (Å²) in [5, 5.41) is 4.85. The Balaban J connectivity index is 1.97. The highest BCUT2D eigenvalue weighted by molar-refractivity contribution is 9.10. The SMILES string of the molecule is Clc1ccc(N/N=C/c2ccc(Br)cc2)cc1. The zero-order valence-electron chi connectivity index (χ0n) is 8.90. The fourth-order valence-corrected chi connectivity index (χ4v) is 1.64. The molecule has 0 saturated carbocycles. The number of hydrogen-bond donors (Lipinski definition) is 1. The zero-order chi connectivity index (χ0) is 12.1. The summed E-state index contributed by atoms with van der Waals surface area (Å²) in [6.45, 7) is 0. The summed E-state index contributed by atoms with van der Waals surface area (Å²) in [5.74, 6) is 0. The summed E-state index contributed by atoms with van der Waals surface area (Å²) >= 11 is 9.17. The molecule has 2 aromatic carbocycles. The van der Waals surface area contributed by atoms with Crippen LogP contribution in [-0.2, 0) is 0 Å². The van der Waals surface area contributed by atoms with Crippen LogP contribution in [0.1, 0.15) is 5.56 Å². The van der Waals surface area contributed by atoms with Gasteiger partial charge >= 0.3 is 0 Å². The first-order valence-corrected chi connectivity index (χ1v) is 6.21. The standard InChI is InChI=1S/C13H10BrClN2/c14-11-3-1-10(2-4-11)9-16-17-13-7-5-12(15)6-8-13/h1-9,17H/b16-9+. The Morgan fingerprint density at radius 2 is 1.65 bits per heavy atom.